The second-order valence-electron chi connectivity index (χ2n) is 2.93. The van der Waals surface area contributed by atoms with E-state index in [2.05, 4.69) is 0 Å². The summed E-state index contributed by atoms with van der Waals surface area (Å²) in [4.78, 5) is 11.3. The van der Waals surface area contributed by atoms with Gasteiger partial charge in [0.05, 0.1) is 6.04 Å². The summed E-state index contributed by atoms with van der Waals surface area (Å²) in [5.41, 5.74) is 6.45. The van der Waals surface area contributed by atoms with Crippen LogP contribution in [-0.4, -0.2) is 19.5 Å². The molecule has 0 amide bonds. The number of halogens is 1. The minimum Gasteiger partial charge on any atom is -0.377 e. The summed E-state index contributed by atoms with van der Waals surface area (Å²) in [5.74, 6) is -0.144. The van der Waals surface area contributed by atoms with E-state index in [1.54, 1.807) is 24.3 Å². The smallest absolute Gasteiger partial charge is 0.179 e. The zero-order chi connectivity index (χ0) is 10.6. The number of ether oxygens (including phenoxy) is 1. The van der Waals surface area contributed by atoms with Crippen molar-refractivity contribution in [1.29, 1.82) is 0 Å². The van der Waals surface area contributed by atoms with Crippen LogP contribution in [0.2, 0.25) is 5.02 Å². The van der Waals surface area contributed by atoms with Gasteiger partial charge in [0.2, 0.25) is 0 Å². The maximum Gasteiger partial charge on any atom is 0.179 e. The third-order valence-electron chi connectivity index (χ3n) is 1.86. The van der Waals surface area contributed by atoms with Gasteiger partial charge in [0.25, 0.3) is 0 Å². The summed E-state index contributed by atoms with van der Waals surface area (Å²) < 4.78 is 4.71. The highest BCUT2D eigenvalue weighted by Gasteiger charge is 2.14. The number of rotatable bonds is 4. The van der Waals surface area contributed by atoms with Crippen molar-refractivity contribution in [2.24, 2.45) is 5.73 Å². The topological polar surface area (TPSA) is 52.3 Å². The van der Waals surface area contributed by atoms with Crippen LogP contribution in [0.3, 0.4) is 0 Å². The van der Waals surface area contributed by atoms with Gasteiger partial charge in [-0.1, -0.05) is 23.7 Å². The zero-order valence-electron chi connectivity index (χ0n) is 7.87. The second-order valence-corrected chi connectivity index (χ2v) is 3.36. The Labute approximate surface area is 87.8 Å². The summed E-state index contributed by atoms with van der Waals surface area (Å²) in [7, 11) is 1.46. The van der Waals surface area contributed by atoms with Crippen LogP contribution in [0.15, 0.2) is 24.3 Å². The maximum atomic E-state index is 11.3. The number of Topliss-reactive ketones (excluding diaryl/α,β-unsaturated/α-hetero) is 1. The lowest BCUT2D eigenvalue weighted by Gasteiger charge is -2.09. The number of nitrogens with two attached hydrogens (primary N) is 1. The van der Waals surface area contributed by atoms with Crippen molar-refractivity contribution in [3.63, 3.8) is 0 Å². The van der Waals surface area contributed by atoms with Crippen LogP contribution >= 0.6 is 11.6 Å². The molecule has 0 aliphatic carbocycles. The van der Waals surface area contributed by atoms with E-state index in [0.29, 0.717) is 5.02 Å². The van der Waals surface area contributed by atoms with Gasteiger partial charge in [-0.15, -0.1) is 0 Å². The van der Waals surface area contributed by atoms with Crippen molar-refractivity contribution in [3.05, 3.63) is 34.9 Å². The molecule has 0 heterocycles. The minimum atomic E-state index is -0.632. The van der Waals surface area contributed by atoms with E-state index in [9.17, 15) is 4.79 Å². The molecule has 3 nitrogen and oxygen atoms in total. The Hall–Kier alpha value is -0.900. The van der Waals surface area contributed by atoms with Gasteiger partial charge in [-0.25, -0.2) is 0 Å². The molecule has 0 fully saturated rings. The highest BCUT2D eigenvalue weighted by atomic mass is 35.5. The molecular formula is C10H12ClNO2. The second kappa shape index (κ2) is 5.10. The van der Waals surface area contributed by atoms with Crippen molar-refractivity contribution in [2.75, 3.05) is 13.7 Å². The van der Waals surface area contributed by atoms with Crippen LogP contribution in [0.5, 0.6) is 0 Å². The van der Waals surface area contributed by atoms with E-state index >= 15 is 0 Å². The normalized spacial score (nSPS) is 12.5. The Morgan fingerprint density at radius 3 is 2.57 bits per heavy atom. The largest absolute Gasteiger partial charge is 0.377 e. The molecular weight excluding hydrogens is 202 g/mol. The zero-order valence-corrected chi connectivity index (χ0v) is 8.62. The summed E-state index contributed by atoms with van der Waals surface area (Å²) in [6, 6.07) is 6.25. The SMILES string of the molecule is COCC(=O)C(N)c1ccc(Cl)cc1. The predicted molar refractivity (Wildman–Crippen MR) is 55.3 cm³/mol. The van der Waals surface area contributed by atoms with Gasteiger partial charge in [-0.2, -0.15) is 0 Å². The van der Waals surface area contributed by atoms with Crippen molar-refractivity contribution in [1.82, 2.24) is 0 Å². The molecule has 14 heavy (non-hydrogen) atoms. The molecule has 76 valence electrons. The molecule has 0 spiro atoms. The van der Waals surface area contributed by atoms with Crippen molar-refractivity contribution in [2.45, 2.75) is 6.04 Å². The van der Waals surface area contributed by atoms with Gasteiger partial charge < -0.3 is 10.5 Å². The minimum absolute atomic E-state index is 0.0315. The van der Waals surface area contributed by atoms with Gasteiger partial charge in [-0.3, -0.25) is 4.79 Å². The van der Waals surface area contributed by atoms with Gasteiger partial charge in [0.1, 0.15) is 6.61 Å². The van der Waals surface area contributed by atoms with E-state index in [1.807, 2.05) is 0 Å². The number of carbonyl (C=O) groups excluding carboxylic acids is 1. The average molecular weight is 214 g/mol. The summed E-state index contributed by atoms with van der Waals surface area (Å²) in [5, 5.41) is 0.625. The summed E-state index contributed by atoms with van der Waals surface area (Å²) in [6.07, 6.45) is 0. The van der Waals surface area contributed by atoms with Gasteiger partial charge in [-0.05, 0) is 17.7 Å². The molecule has 0 aromatic heterocycles. The fourth-order valence-corrected chi connectivity index (χ4v) is 1.21. The number of benzene rings is 1. The molecule has 1 atom stereocenters. The Kier molecular flexibility index (Phi) is 4.07. The highest BCUT2D eigenvalue weighted by Crippen LogP contribution is 2.15. The first-order valence-corrected chi connectivity index (χ1v) is 4.55. The van der Waals surface area contributed by atoms with Crippen LogP contribution in [0.25, 0.3) is 0 Å². The Morgan fingerprint density at radius 2 is 2.07 bits per heavy atom. The maximum absolute atomic E-state index is 11.3. The van der Waals surface area contributed by atoms with Crippen molar-refractivity contribution >= 4 is 17.4 Å². The molecule has 4 heteroatoms. The third kappa shape index (κ3) is 2.80. The molecule has 0 aliphatic heterocycles. The van der Waals surface area contributed by atoms with Gasteiger partial charge >= 0.3 is 0 Å². The number of ketones is 1. The first-order chi connectivity index (χ1) is 6.65. The molecule has 1 rings (SSSR count). The van der Waals surface area contributed by atoms with E-state index in [0.717, 1.165) is 5.56 Å². The molecule has 0 saturated carbocycles. The van der Waals surface area contributed by atoms with Crippen LogP contribution in [0, 0.1) is 0 Å². The number of methoxy groups -OCH3 is 1. The molecule has 1 unspecified atom stereocenters. The standard InChI is InChI=1S/C10H12ClNO2/c1-14-6-9(13)10(12)7-2-4-8(11)5-3-7/h2-5,10H,6,12H2,1H3. The number of carbonyl (C=O) groups is 1. The lowest BCUT2D eigenvalue weighted by Crippen LogP contribution is -2.24. The van der Waals surface area contributed by atoms with Gasteiger partial charge in [0, 0.05) is 12.1 Å². The number of hydrogen-bond acceptors (Lipinski definition) is 3. The first kappa shape index (κ1) is 11.2. The van der Waals surface area contributed by atoms with E-state index < -0.39 is 6.04 Å². The van der Waals surface area contributed by atoms with Crippen LogP contribution in [-0.2, 0) is 9.53 Å². The molecule has 1 aromatic rings. The Bertz CT molecular complexity index is 310. The number of hydrogen-bond donors (Lipinski definition) is 1. The quantitative estimate of drug-likeness (QED) is 0.826. The van der Waals surface area contributed by atoms with Crippen LogP contribution < -0.4 is 5.73 Å². The highest BCUT2D eigenvalue weighted by molar-refractivity contribution is 6.30. The van der Waals surface area contributed by atoms with E-state index in [1.165, 1.54) is 7.11 Å². The van der Waals surface area contributed by atoms with Crippen LogP contribution in [0.1, 0.15) is 11.6 Å². The Balaban J connectivity index is 2.73. The first-order valence-electron chi connectivity index (χ1n) is 4.18. The summed E-state index contributed by atoms with van der Waals surface area (Å²) in [6.45, 7) is 0.0315. The fraction of sp³-hybridized carbons (Fsp3) is 0.300. The monoisotopic (exact) mass is 213 g/mol. The Morgan fingerprint density at radius 1 is 1.50 bits per heavy atom. The lowest BCUT2D eigenvalue weighted by atomic mass is 10.0. The lowest BCUT2D eigenvalue weighted by molar-refractivity contribution is -0.124. The molecule has 0 bridgehead atoms. The van der Waals surface area contributed by atoms with Crippen molar-refractivity contribution < 1.29 is 9.53 Å². The molecule has 1 aromatic carbocycles. The molecule has 2 N–H and O–H groups in total. The third-order valence-corrected chi connectivity index (χ3v) is 2.11. The average Bonchev–Trinajstić information content (AvgIpc) is 2.18. The molecule has 0 radical (unpaired) electrons. The summed E-state index contributed by atoms with van der Waals surface area (Å²) >= 11 is 5.71. The predicted octanol–water partition coefficient (Wildman–Crippen LogP) is 1.56. The van der Waals surface area contributed by atoms with Gasteiger partial charge in [0.15, 0.2) is 5.78 Å². The molecule has 0 saturated heterocycles. The van der Waals surface area contributed by atoms with Crippen molar-refractivity contribution in [3.8, 4) is 0 Å². The fourth-order valence-electron chi connectivity index (χ4n) is 1.09. The van der Waals surface area contributed by atoms with Crippen LogP contribution in [0.4, 0.5) is 0 Å². The van der Waals surface area contributed by atoms with E-state index in [-0.39, 0.29) is 12.4 Å². The molecule has 0 aliphatic rings. The van der Waals surface area contributed by atoms with E-state index in [4.69, 9.17) is 22.1 Å².